The van der Waals surface area contributed by atoms with Crippen molar-refractivity contribution in [2.45, 2.75) is 19.7 Å². The molecule has 0 saturated heterocycles. The molecule has 1 aromatic carbocycles. The molecule has 0 spiro atoms. The zero-order chi connectivity index (χ0) is 14.3. The van der Waals surface area contributed by atoms with Crippen LogP contribution in [0.4, 0.5) is 13.2 Å². The van der Waals surface area contributed by atoms with E-state index in [0.717, 1.165) is 13.0 Å². The van der Waals surface area contributed by atoms with Crippen molar-refractivity contribution in [3.63, 3.8) is 0 Å². The second-order valence-corrected chi connectivity index (χ2v) is 4.59. The summed E-state index contributed by atoms with van der Waals surface area (Å²) >= 11 is 3.01. The molecule has 0 aromatic heterocycles. The fourth-order valence-electron chi connectivity index (χ4n) is 1.32. The third-order valence-electron chi connectivity index (χ3n) is 2.10. The summed E-state index contributed by atoms with van der Waals surface area (Å²) in [6.45, 7) is 4.11. The van der Waals surface area contributed by atoms with Gasteiger partial charge in [-0.15, -0.1) is 13.2 Å². The van der Waals surface area contributed by atoms with E-state index >= 15 is 0 Å². The van der Waals surface area contributed by atoms with E-state index in [4.69, 9.17) is 4.74 Å². The lowest BCUT2D eigenvalue weighted by atomic mass is 10.3. The van der Waals surface area contributed by atoms with E-state index < -0.39 is 6.36 Å². The number of hydrogen-bond donors (Lipinski definition) is 1. The van der Waals surface area contributed by atoms with Crippen LogP contribution < -0.4 is 14.8 Å². The second kappa shape index (κ2) is 7.59. The predicted molar refractivity (Wildman–Crippen MR) is 69.5 cm³/mol. The van der Waals surface area contributed by atoms with Gasteiger partial charge in [0.05, 0.1) is 4.47 Å². The smallest absolute Gasteiger partial charge is 0.492 e. The Hall–Kier alpha value is -0.950. The van der Waals surface area contributed by atoms with Crippen molar-refractivity contribution in [3.8, 4) is 11.5 Å². The lowest BCUT2D eigenvalue weighted by molar-refractivity contribution is -0.274. The summed E-state index contributed by atoms with van der Waals surface area (Å²) in [5.74, 6) is 0.198. The van der Waals surface area contributed by atoms with Gasteiger partial charge in [0.15, 0.2) is 0 Å². The fourth-order valence-corrected chi connectivity index (χ4v) is 1.76. The van der Waals surface area contributed by atoms with E-state index in [1.165, 1.54) is 18.2 Å². The van der Waals surface area contributed by atoms with Gasteiger partial charge in [-0.25, -0.2) is 0 Å². The van der Waals surface area contributed by atoms with Crippen LogP contribution in [0, 0.1) is 0 Å². The van der Waals surface area contributed by atoms with E-state index in [0.29, 0.717) is 18.9 Å². The molecule has 0 saturated carbocycles. The van der Waals surface area contributed by atoms with Crippen LogP contribution in [-0.4, -0.2) is 26.1 Å². The highest BCUT2D eigenvalue weighted by atomic mass is 79.9. The van der Waals surface area contributed by atoms with Crippen LogP contribution in [0.3, 0.4) is 0 Å². The Morgan fingerprint density at radius 3 is 2.58 bits per heavy atom. The van der Waals surface area contributed by atoms with Crippen LogP contribution >= 0.6 is 15.9 Å². The first-order valence-corrected chi connectivity index (χ1v) is 6.60. The third-order valence-corrected chi connectivity index (χ3v) is 2.72. The van der Waals surface area contributed by atoms with Crippen molar-refractivity contribution in [1.82, 2.24) is 5.32 Å². The molecule has 0 radical (unpaired) electrons. The van der Waals surface area contributed by atoms with Crippen molar-refractivity contribution >= 4 is 15.9 Å². The van der Waals surface area contributed by atoms with Gasteiger partial charge in [0.2, 0.25) is 0 Å². The summed E-state index contributed by atoms with van der Waals surface area (Å²) in [6.07, 6.45) is -3.66. The van der Waals surface area contributed by atoms with E-state index in [1.54, 1.807) is 0 Å². The van der Waals surface area contributed by atoms with E-state index in [2.05, 4.69) is 32.9 Å². The monoisotopic (exact) mass is 341 g/mol. The molecule has 0 bridgehead atoms. The van der Waals surface area contributed by atoms with E-state index in [-0.39, 0.29) is 10.2 Å². The highest BCUT2D eigenvalue weighted by Crippen LogP contribution is 2.33. The summed E-state index contributed by atoms with van der Waals surface area (Å²) < 4.78 is 45.6. The van der Waals surface area contributed by atoms with Gasteiger partial charge in [-0.1, -0.05) is 6.92 Å². The van der Waals surface area contributed by atoms with Crippen LogP contribution in [0.25, 0.3) is 0 Å². The van der Waals surface area contributed by atoms with E-state index in [9.17, 15) is 13.2 Å². The van der Waals surface area contributed by atoms with Crippen LogP contribution in [0.15, 0.2) is 22.7 Å². The first-order chi connectivity index (χ1) is 8.92. The number of alkyl halides is 3. The Morgan fingerprint density at radius 1 is 1.26 bits per heavy atom. The fraction of sp³-hybridized carbons (Fsp3) is 0.500. The molecule has 0 atom stereocenters. The lowest BCUT2D eigenvalue weighted by Gasteiger charge is -2.12. The Morgan fingerprint density at radius 2 is 2.00 bits per heavy atom. The van der Waals surface area contributed by atoms with Gasteiger partial charge in [0.1, 0.15) is 18.1 Å². The highest BCUT2D eigenvalue weighted by molar-refractivity contribution is 9.10. The summed E-state index contributed by atoms with van der Waals surface area (Å²) in [7, 11) is 0. The Balaban J connectivity index is 2.47. The van der Waals surface area contributed by atoms with Gasteiger partial charge in [-0.3, -0.25) is 0 Å². The van der Waals surface area contributed by atoms with Crippen LogP contribution in [0.2, 0.25) is 0 Å². The topological polar surface area (TPSA) is 30.5 Å². The van der Waals surface area contributed by atoms with Gasteiger partial charge in [0.25, 0.3) is 0 Å². The molecule has 0 aliphatic heterocycles. The summed E-state index contributed by atoms with van der Waals surface area (Å²) in [6, 6.07) is 4.10. The van der Waals surface area contributed by atoms with Gasteiger partial charge >= 0.3 is 6.36 Å². The Labute approximate surface area is 118 Å². The molecule has 108 valence electrons. The van der Waals surface area contributed by atoms with Gasteiger partial charge in [-0.2, -0.15) is 0 Å². The average molecular weight is 342 g/mol. The second-order valence-electron chi connectivity index (χ2n) is 3.74. The zero-order valence-corrected chi connectivity index (χ0v) is 12.0. The molecule has 0 fully saturated rings. The zero-order valence-electron chi connectivity index (χ0n) is 10.4. The molecule has 3 nitrogen and oxygen atoms in total. The quantitative estimate of drug-likeness (QED) is 0.766. The van der Waals surface area contributed by atoms with Crippen LogP contribution in [-0.2, 0) is 0 Å². The summed E-state index contributed by atoms with van der Waals surface area (Å²) in [5, 5.41) is 3.15. The molecular formula is C12H15BrF3NO2. The van der Waals surface area contributed by atoms with Crippen LogP contribution in [0.5, 0.6) is 11.5 Å². The molecule has 1 aromatic rings. The molecule has 0 aliphatic rings. The number of hydrogen-bond acceptors (Lipinski definition) is 3. The van der Waals surface area contributed by atoms with Crippen molar-refractivity contribution < 1.29 is 22.6 Å². The minimum Gasteiger partial charge on any atom is -0.492 e. The number of benzene rings is 1. The summed E-state index contributed by atoms with van der Waals surface area (Å²) in [5.41, 5.74) is 0. The molecular weight excluding hydrogens is 327 g/mol. The average Bonchev–Trinajstić information content (AvgIpc) is 2.31. The van der Waals surface area contributed by atoms with Gasteiger partial charge < -0.3 is 14.8 Å². The standard InChI is InChI=1S/C12H15BrF3NO2/c1-2-5-17-6-7-18-9-3-4-11(10(13)8-9)19-12(14,15)16/h3-4,8,17H,2,5-7H2,1H3. The largest absolute Gasteiger partial charge is 0.573 e. The molecule has 1 rings (SSSR count). The Kier molecular flexibility index (Phi) is 6.44. The van der Waals surface area contributed by atoms with Crippen molar-refractivity contribution in [3.05, 3.63) is 22.7 Å². The molecule has 1 N–H and O–H groups in total. The predicted octanol–water partition coefficient (Wildman–Crippen LogP) is 3.73. The minimum atomic E-state index is -4.70. The molecule has 0 unspecified atom stereocenters. The van der Waals surface area contributed by atoms with Crippen molar-refractivity contribution in [1.29, 1.82) is 0 Å². The molecule has 7 heteroatoms. The molecule has 0 amide bonds. The minimum absolute atomic E-state index is 0.198. The first kappa shape index (κ1) is 16.1. The number of ether oxygens (including phenoxy) is 2. The maximum atomic E-state index is 12.1. The van der Waals surface area contributed by atoms with E-state index in [1.807, 2.05) is 0 Å². The lowest BCUT2D eigenvalue weighted by Crippen LogP contribution is -2.21. The SMILES string of the molecule is CCCNCCOc1ccc(OC(F)(F)F)c(Br)c1. The normalized spacial score (nSPS) is 11.4. The first-order valence-electron chi connectivity index (χ1n) is 5.81. The maximum Gasteiger partial charge on any atom is 0.573 e. The Bertz CT molecular complexity index is 399. The molecule has 19 heavy (non-hydrogen) atoms. The van der Waals surface area contributed by atoms with Crippen molar-refractivity contribution in [2.75, 3.05) is 19.7 Å². The number of nitrogens with one attached hydrogen (secondary N) is 1. The number of halogens is 4. The third kappa shape index (κ3) is 6.68. The maximum absolute atomic E-state index is 12.1. The highest BCUT2D eigenvalue weighted by Gasteiger charge is 2.31. The van der Waals surface area contributed by atoms with Crippen molar-refractivity contribution in [2.24, 2.45) is 0 Å². The van der Waals surface area contributed by atoms with Gasteiger partial charge in [-0.05, 0) is 47.1 Å². The molecule has 0 aliphatic carbocycles. The van der Waals surface area contributed by atoms with Crippen LogP contribution in [0.1, 0.15) is 13.3 Å². The molecule has 0 heterocycles. The number of rotatable bonds is 7. The summed E-state index contributed by atoms with van der Waals surface area (Å²) in [4.78, 5) is 0. The van der Waals surface area contributed by atoms with Gasteiger partial charge in [0, 0.05) is 6.54 Å².